The van der Waals surface area contributed by atoms with Gasteiger partial charge in [-0.25, -0.2) is 28.1 Å². The van der Waals surface area contributed by atoms with Crippen molar-refractivity contribution in [2.45, 2.75) is 37.4 Å². The number of halogens is 3. The Morgan fingerprint density at radius 3 is 2.64 bits per heavy atom. The van der Waals surface area contributed by atoms with Crippen molar-refractivity contribution in [3.8, 4) is 16.9 Å². The number of aliphatic hydroxyl groups is 3. The summed E-state index contributed by atoms with van der Waals surface area (Å²) in [6.45, 7) is 1.34. The van der Waals surface area contributed by atoms with Gasteiger partial charge in [-0.3, -0.25) is 0 Å². The maximum Gasteiger partial charge on any atom is 0.163 e. The van der Waals surface area contributed by atoms with Gasteiger partial charge in [0, 0.05) is 5.56 Å². The number of thiazole rings is 1. The van der Waals surface area contributed by atoms with E-state index in [9.17, 15) is 24.1 Å². The van der Waals surface area contributed by atoms with Crippen molar-refractivity contribution in [3.63, 3.8) is 0 Å². The van der Waals surface area contributed by atoms with Gasteiger partial charge in [0.05, 0.1) is 33.7 Å². The van der Waals surface area contributed by atoms with Gasteiger partial charge in [-0.1, -0.05) is 16.8 Å². The maximum absolute atomic E-state index is 14.0. The average molecular weight is 576 g/mol. The van der Waals surface area contributed by atoms with Crippen LogP contribution >= 0.6 is 22.9 Å². The Labute approximate surface area is 227 Å². The molecule has 2 aromatic carbocycles. The Kier molecular flexibility index (Phi) is 6.61. The highest BCUT2D eigenvalue weighted by Crippen LogP contribution is 2.38. The van der Waals surface area contributed by atoms with E-state index in [0.29, 0.717) is 5.69 Å². The van der Waals surface area contributed by atoms with Crippen LogP contribution in [-0.4, -0.2) is 75.0 Å². The molecular weight excluding hydrogens is 556 g/mol. The summed E-state index contributed by atoms with van der Waals surface area (Å²) in [5.41, 5.74) is 1.61. The van der Waals surface area contributed by atoms with Crippen molar-refractivity contribution in [2.75, 3.05) is 6.61 Å². The Balaban J connectivity index is 1.36. The number of nitrogens with zero attached hydrogens (tertiary/aromatic N) is 7. The molecule has 11 nitrogen and oxygen atoms in total. The summed E-state index contributed by atoms with van der Waals surface area (Å²) in [5, 5.41) is 44.8. The largest absolute Gasteiger partial charge is 0.394 e. The van der Waals surface area contributed by atoms with Crippen molar-refractivity contribution in [1.82, 2.24) is 34.7 Å². The van der Waals surface area contributed by atoms with Gasteiger partial charge in [-0.05, 0) is 37.3 Å². The highest BCUT2D eigenvalue weighted by Gasteiger charge is 2.48. The summed E-state index contributed by atoms with van der Waals surface area (Å²) in [5.74, 6) is -1.72. The Morgan fingerprint density at radius 1 is 1.13 bits per heavy atom. The first-order valence-electron chi connectivity index (χ1n) is 11.7. The standard InChI is InChI=1S/C24H20ClF2N7O4S/c1-10-30-15-3-2-12(6-18(15)39-10)34-24(28-9-29-34)23-22(37)20(21(36)17(8-35)38-23)33-7-16(31-32-33)11-4-13(26)19(25)14(27)5-11/h2-7,9,17,20-23,35-37H,8H2,1H3/t17-,20+,21+,22-,23-/m1/s1. The molecule has 0 aliphatic carbocycles. The van der Waals surface area contributed by atoms with Gasteiger partial charge in [0.15, 0.2) is 5.82 Å². The zero-order valence-electron chi connectivity index (χ0n) is 20.1. The summed E-state index contributed by atoms with van der Waals surface area (Å²) >= 11 is 7.09. The molecule has 1 fully saturated rings. The second-order valence-corrected chi connectivity index (χ2v) is 10.6. The minimum absolute atomic E-state index is 0.0559. The lowest BCUT2D eigenvalue weighted by molar-refractivity contribution is -0.210. The van der Waals surface area contributed by atoms with Crippen molar-refractivity contribution < 1.29 is 28.8 Å². The van der Waals surface area contributed by atoms with Crippen molar-refractivity contribution >= 4 is 33.2 Å². The fraction of sp³-hybridized carbons (Fsp3) is 0.292. The minimum atomic E-state index is -1.44. The first-order chi connectivity index (χ1) is 18.7. The molecule has 15 heteroatoms. The van der Waals surface area contributed by atoms with Crippen LogP contribution in [0.4, 0.5) is 8.78 Å². The zero-order valence-corrected chi connectivity index (χ0v) is 21.6. The molecule has 1 aliphatic rings. The van der Waals surface area contributed by atoms with Gasteiger partial charge in [0.2, 0.25) is 0 Å². The average Bonchev–Trinajstić information content (AvgIpc) is 3.66. The van der Waals surface area contributed by atoms with Crippen LogP contribution in [0.5, 0.6) is 0 Å². The number of hydrogen-bond donors (Lipinski definition) is 3. The molecule has 0 spiro atoms. The predicted molar refractivity (Wildman–Crippen MR) is 135 cm³/mol. The second kappa shape index (κ2) is 9.97. The van der Waals surface area contributed by atoms with Crippen LogP contribution in [-0.2, 0) is 4.74 Å². The molecule has 1 saturated heterocycles. The summed E-state index contributed by atoms with van der Waals surface area (Å²) < 4.78 is 37.5. The van der Waals surface area contributed by atoms with E-state index in [1.54, 1.807) is 6.07 Å². The fourth-order valence-electron chi connectivity index (χ4n) is 4.69. The van der Waals surface area contributed by atoms with E-state index in [4.69, 9.17) is 16.3 Å². The van der Waals surface area contributed by atoms with E-state index in [2.05, 4.69) is 25.4 Å². The fourth-order valence-corrected chi connectivity index (χ4v) is 5.66. The van der Waals surface area contributed by atoms with Crippen LogP contribution in [0.3, 0.4) is 0 Å². The lowest BCUT2D eigenvalue weighted by Gasteiger charge is -2.41. The Bertz CT molecular complexity index is 1650. The summed E-state index contributed by atoms with van der Waals surface area (Å²) in [7, 11) is 0. The van der Waals surface area contributed by atoms with Gasteiger partial charge < -0.3 is 20.1 Å². The van der Waals surface area contributed by atoms with Crippen LogP contribution in [0, 0.1) is 18.6 Å². The maximum atomic E-state index is 14.0. The molecule has 5 aromatic rings. The number of ether oxygens (including phenoxy) is 1. The number of aryl methyl sites for hydroxylation is 1. The SMILES string of the molecule is Cc1nc2ccc(-n3ncnc3[C@@H]3O[C@H](CO)[C@H](O)[C@H](n4cc(-c5cc(F)c(Cl)c(F)c5)nn4)[C@H]3O)cc2s1. The number of aliphatic hydroxyl groups excluding tert-OH is 3. The monoisotopic (exact) mass is 575 g/mol. The first kappa shape index (κ1) is 25.9. The number of rotatable bonds is 5. The number of hydrogen-bond acceptors (Lipinski definition) is 10. The van der Waals surface area contributed by atoms with E-state index in [1.165, 1.54) is 33.2 Å². The van der Waals surface area contributed by atoms with Gasteiger partial charge in [-0.15, -0.1) is 16.4 Å². The molecule has 39 heavy (non-hydrogen) atoms. The molecule has 3 aromatic heterocycles. The summed E-state index contributed by atoms with van der Waals surface area (Å²) in [6, 6.07) is 6.37. The van der Waals surface area contributed by atoms with Gasteiger partial charge in [-0.2, -0.15) is 5.10 Å². The molecule has 4 heterocycles. The van der Waals surface area contributed by atoms with Crippen molar-refractivity contribution in [2.24, 2.45) is 0 Å². The molecule has 0 unspecified atom stereocenters. The Morgan fingerprint density at radius 2 is 1.90 bits per heavy atom. The normalized spacial score (nSPS) is 23.5. The molecule has 1 aliphatic heterocycles. The first-order valence-corrected chi connectivity index (χ1v) is 12.9. The second-order valence-electron chi connectivity index (χ2n) is 9.00. The minimum Gasteiger partial charge on any atom is -0.394 e. The molecule has 0 bridgehead atoms. The van der Waals surface area contributed by atoms with Crippen LogP contribution in [0.1, 0.15) is 23.0 Å². The molecular formula is C24H20ClF2N7O4S. The van der Waals surface area contributed by atoms with Crippen molar-refractivity contribution in [1.29, 1.82) is 0 Å². The van der Waals surface area contributed by atoms with Crippen LogP contribution in [0.25, 0.3) is 27.2 Å². The molecule has 0 saturated carbocycles. The number of fused-ring (bicyclic) bond motifs is 1. The number of aromatic nitrogens is 7. The van der Waals surface area contributed by atoms with Gasteiger partial charge in [0.25, 0.3) is 0 Å². The van der Waals surface area contributed by atoms with Crippen molar-refractivity contribution in [3.05, 3.63) is 70.3 Å². The third-order valence-corrected chi connectivity index (χ3v) is 7.83. The highest BCUT2D eigenvalue weighted by atomic mass is 35.5. The van der Waals surface area contributed by atoms with E-state index >= 15 is 0 Å². The van der Waals surface area contributed by atoms with Crippen LogP contribution in [0.2, 0.25) is 5.02 Å². The molecule has 6 rings (SSSR count). The topological polar surface area (TPSA) is 144 Å². The molecule has 5 atom stereocenters. The third-order valence-electron chi connectivity index (χ3n) is 6.54. The summed E-state index contributed by atoms with van der Waals surface area (Å²) in [4.78, 5) is 8.76. The molecule has 0 radical (unpaired) electrons. The van der Waals surface area contributed by atoms with Crippen LogP contribution in [0.15, 0.2) is 42.9 Å². The molecule has 3 N–H and O–H groups in total. The lowest BCUT2D eigenvalue weighted by atomic mass is 9.92. The van der Waals surface area contributed by atoms with E-state index in [-0.39, 0.29) is 17.1 Å². The zero-order chi connectivity index (χ0) is 27.4. The van der Waals surface area contributed by atoms with Crippen LogP contribution < -0.4 is 0 Å². The third kappa shape index (κ3) is 4.48. The van der Waals surface area contributed by atoms with E-state index in [0.717, 1.165) is 27.4 Å². The Hall–Kier alpha value is -3.40. The predicted octanol–water partition coefficient (Wildman–Crippen LogP) is 2.77. The lowest BCUT2D eigenvalue weighted by Crippen LogP contribution is -2.53. The van der Waals surface area contributed by atoms with E-state index < -0.39 is 53.7 Å². The van der Waals surface area contributed by atoms with Gasteiger partial charge >= 0.3 is 0 Å². The highest BCUT2D eigenvalue weighted by molar-refractivity contribution is 7.18. The quantitative estimate of drug-likeness (QED) is 0.269. The number of benzene rings is 2. The van der Waals surface area contributed by atoms with E-state index in [1.807, 2.05) is 19.1 Å². The molecule has 202 valence electrons. The summed E-state index contributed by atoms with van der Waals surface area (Å²) in [6.07, 6.45) is -2.50. The van der Waals surface area contributed by atoms with Gasteiger partial charge in [0.1, 0.15) is 59.1 Å². The molecule has 0 amide bonds. The smallest absolute Gasteiger partial charge is 0.163 e.